The van der Waals surface area contributed by atoms with Crippen molar-refractivity contribution in [3.05, 3.63) is 68.1 Å². The van der Waals surface area contributed by atoms with Gasteiger partial charge in [-0.3, -0.25) is 9.59 Å². The fraction of sp³-hybridized carbons (Fsp3) is 0.419. The van der Waals surface area contributed by atoms with Crippen LogP contribution in [0.5, 0.6) is 0 Å². The number of rotatable bonds is 6. The highest BCUT2D eigenvalue weighted by Gasteiger charge is 2.22. The standard InChI is InChI=1S/C17H20FN3O3.C14H16N4O3/c1-3-20-10-12(17(23)24)16(22)11-8-13(18)15(9-14(11)20)21-6-4-19(2)5-7-21;1-2-17-8-10(13(20)21)11(19)9-7-15-14(16-12(9)17)18-5-3-4-6-18/h8-10H,3-7H2,1-2H3,(H,23,24);7-8H,2-6H2,1H3,(H,20,21). The summed E-state index contributed by atoms with van der Waals surface area (Å²) in [4.78, 5) is 61.8. The SMILES string of the molecule is CCn1cc(C(=O)O)c(=O)c2cc(F)c(N3CCN(C)CC3)cc21.CCn1cc(C(=O)O)c(=O)c2cnc(N3CCCC3)nc21. The van der Waals surface area contributed by atoms with Gasteiger partial charge in [-0.05, 0) is 45.9 Å². The summed E-state index contributed by atoms with van der Waals surface area (Å²) >= 11 is 0. The molecule has 0 spiro atoms. The maximum atomic E-state index is 14.6. The highest BCUT2D eigenvalue weighted by molar-refractivity contribution is 5.94. The first-order valence-electron chi connectivity index (χ1n) is 15.0. The molecule has 14 heteroatoms. The fourth-order valence-electron chi connectivity index (χ4n) is 5.73. The van der Waals surface area contributed by atoms with Gasteiger partial charge in [0.15, 0.2) is 0 Å². The van der Waals surface area contributed by atoms with Gasteiger partial charge in [0.2, 0.25) is 16.8 Å². The molecule has 0 bridgehead atoms. The van der Waals surface area contributed by atoms with E-state index in [0.29, 0.717) is 49.0 Å². The van der Waals surface area contributed by atoms with Crippen LogP contribution in [0.1, 0.15) is 47.4 Å². The molecular weight excluding hydrogens is 585 g/mol. The Kier molecular flexibility index (Phi) is 9.14. The first kappa shape index (κ1) is 31.6. The number of aromatic nitrogens is 4. The Labute approximate surface area is 257 Å². The minimum Gasteiger partial charge on any atom is -0.477 e. The van der Waals surface area contributed by atoms with Crippen LogP contribution in [0, 0.1) is 5.82 Å². The van der Waals surface area contributed by atoms with E-state index in [-0.39, 0.29) is 21.9 Å². The van der Waals surface area contributed by atoms with E-state index in [2.05, 4.69) is 19.8 Å². The van der Waals surface area contributed by atoms with E-state index >= 15 is 0 Å². The molecule has 0 radical (unpaired) electrons. The van der Waals surface area contributed by atoms with Crippen molar-refractivity contribution in [3.8, 4) is 0 Å². The summed E-state index contributed by atoms with van der Waals surface area (Å²) in [6.07, 6.45) is 6.35. The molecule has 2 aliphatic heterocycles. The summed E-state index contributed by atoms with van der Waals surface area (Å²) in [7, 11) is 2.02. The van der Waals surface area contributed by atoms with Gasteiger partial charge in [-0.15, -0.1) is 0 Å². The Morgan fingerprint density at radius 2 is 1.40 bits per heavy atom. The van der Waals surface area contributed by atoms with Crippen molar-refractivity contribution in [3.63, 3.8) is 0 Å². The van der Waals surface area contributed by atoms with Crippen molar-refractivity contribution >= 4 is 45.5 Å². The number of fused-ring (bicyclic) bond motifs is 2. The maximum absolute atomic E-state index is 14.6. The van der Waals surface area contributed by atoms with Crippen molar-refractivity contribution in [2.24, 2.45) is 0 Å². The normalized spacial score (nSPS) is 15.4. The smallest absolute Gasteiger partial charge is 0.341 e. The van der Waals surface area contributed by atoms with Crippen molar-refractivity contribution in [1.29, 1.82) is 0 Å². The number of benzene rings is 1. The number of halogens is 1. The first-order chi connectivity index (χ1) is 21.5. The second-order valence-electron chi connectivity index (χ2n) is 11.1. The molecule has 238 valence electrons. The van der Waals surface area contributed by atoms with Crippen LogP contribution in [0.2, 0.25) is 0 Å². The zero-order chi connectivity index (χ0) is 32.4. The van der Waals surface area contributed by atoms with Gasteiger partial charge in [0, 0.05) is 76.3 Å². The fourth-order valence-corrected chi connectivity index (χ4v) is 5.73. The molecule has 2 aliphatic rings. The Balaban J connectivity index is 0.000000179. The van der Waals surface area contributed by atoms with Gasteiger partial charge in [0.25, 0.3) is 0 Å². The molecule has 1 aromatic carbocycles. The Morgan fingerprint density at radius 1 is 0.822 bits per heavy atom. The summed E-state index contributed by atoms with van der Waals surface area (Å²) in [6.45, 7) is 9.70. The lowest BCUT2D eigenvalue weighted by Gasteiger charge is -2.34. The minimum absolute atomic E-state index is 0.104. The number of aryl methyl sites for hydroxylation is 2. The van der Waals surface area contributed by atoms with E-state index in [1.807, 2.05) is 25.8 Å². The van der Waals surface area contributed by atoms with Crippen LogP contribution >= 0.6 is 0 Å². The third-order valence-corrected chi connectivity index (χ3v) is 8.33. The lowest BCUT2D eigenvalue weighted by molar-refractivity contribution is 0.0684. The van der Waals surface area contributed by atoms with Crippen LogP contribution in [0.15, 0.2) is 40.3 Å². The number of pyridine rings is 2. The lowest BCUT2D eigenvalue weighted by atomic mass is 10.1. The van der Waals surface area contributed by atoms with Crippen molar-refractivity contribution in [1.82, 2.24) is 24.0 Å². The van der Waals surface area contributed by atoms with E-state index in [4.69, 9.17) is 5.11 Å². The monoisotopic (exact) mass is 621 g/mol. The quantitative estimate of drug-likeness (QED) is 0.327. The van der Waals surface area contributed by atoms with E-state index in [0.717, 1.165) is 39.0 Å². The summed E-state index contributed by atoms with van der Waals surface area (Å²) < 4.78 is 18.0. The maximum Gasteiger partial charge on any atom is 0.341 e. The lowest BCUT2D eigenvalue weighted by Crippen LogP contribution is -2.44. The number of hydrogen-bond acceptors (Lipinski definition) is 9. The summed E-state index contributed by atoms with van der Waals surface area (Å²) in [5, 5.41) is 18.6. The van der Waals surface area contributed by atoms with Crippen LogP contribution in [-0.4, -0.2) is 92.5 Å². The van der Waals surface area contributed by atoms with Crippen LogP contribution in [0.4, 0.5) is 16.0 Å². The van der Waals surface area contributed by atoms with Crippen LogP contribution in [0.25, 0.3) is 21.9 Å². The second-order valence-corrected chi connectivity index (χ2v) is 11.1. The number of likely N-dealkylation sites (N-methyl/N-ethyl adjacent to an activating group) is 1. The van der Waals surface area contributed by atoms with Gasteiger partial charge in [0.05, 0.1) is 16.6 Å². The highest BCUT2D eigenvalue weighted by Crippen LogP contribution is 2.26. The number of anilines is 2. The number of aromatic carboxylic acids is 2. The topological polar surface area (TPSA) is 154 Å². The van der Waals surface area contributed by atoms with E-state index in [1.165, 1.54) is 24.7 Å². The molecule has 2 N–H and O–H groups in total. The van der Waals surface area contributed by atoms with Crippen molar-refractivity contribution < 1.29 is 24.2 Å². The van der Waals surface area contributed by atoms with Gasteiger partial charge < -0.3 is 34.0 Å². The molecule has 2 saturated heterocycles. The molecule has 4 aromatic rings. The Bertz CT molecular complexity index is 1890. The molecule has 45 heavy (non-hydrogen) atoms. The molecule has 5 heterocycles. The van der Waals surface area contributed by atoms with Crippen LogP contribution < -0.4 is 20.7 Å². The van der Waals surface area contributed by atoms with Gasteiger partial charge in [-0.2, -0.15) is 4.98 Å². The highest BCUT2D eigenvalue weighted by atomic mass is 19.1. The Hall–Kier alpha value is -4.85. The van der Waals surface area contributed by atoms with Crippen LogP contribution in [0.3, 0.4) is 0 Å². The largest absolute Gasteiger partial charge is 0.477 e. The molecule has 13 nitrogen and oxygen atoms in total. The number of piperazine rings is 1. The van der Waals surface area contributed by atoms with Gasteiger partial charge in [-0.25, -0.2) is 19.0 Å². The predicted octanol–water partition coefficient (Wildman–Crippen LogP) is 2.72. The summed E-state index contributed by atoms with van der Waals surface area (Å²) in [6, 6.07) is 2.83. The molecule has 3 aromatic heterocycles. The number of hydrogen-bond donors (Lipinski definition) is 2. The average molecular weight is 622 g/mol. The third kappa shape index (κ3) is 6.23. The van der Waals surface area contributed by atoms with Crippen LogP contribution in [-0.2, 0) is 13.1 Å². The zero-order valence-corrected chi connectivity index (χ0v) is 25.5. The third-order valence-electron chi connectivity index (χ3n) is 8.33. The van der Waals surface area contributed by atoms with Gasteiger partial charge in [-0.1, -0.05) is 0 Å². The van der Waals surface area contributed by atoms with Gasteiger partial charge in [0.1, 0.15) is 22.6 Å². The zero-order valence-electron chi connectivity index (χ0n) is 25.5. The predicted molar refractivity (Wildman–Crippen MR) is 168 cm³/mol. The van der Waals surface area contributed by atoms with E-state index < -0.39 is 28.6 Å². The van der Waals surface area contributed by atoms with Crippen molar-refractivity contribution in [2.75, 3.05) is 56.1 Å². The van der Waals surface area contributed by atoms with E-state index in [1.54, 1.807) is 15.2 Å². The molecule has 2 fully saturated rings. The average Bonchev–Trinajstić information content (AvgIpc) is 3.57. The summed E-state index contributed by atoms with van der Waals surface area (Å²) in [5.74, 6) is -2.42. The number of nitrogens with zero attached hydrogens (tertiary/aromatic N) is 7. The van der Waals surface area contributed by atoms with Crippen molar-refractivity contribution in [2.45, 2.75) is 39.8 Å². The molecule has 0 atom stereocenters. The number of carboxylic acid groups (broad SMARTS) is 2. The molecule has 6 rings (SSSR count). The molecule has 0 unspecified atom stereocenters. The minimum atomic E-state index is -1.30. The first-order valence-corrected chi connectivity index (χ1v) is 15.0. The molecule has 0 aliphatic carbocycles. The number of carboxylic acids is 2. The van der Waals surface area contributed by atoms with E-state index in [9.17, 15) is 28.7 Å². The molecular formula is C31H36FN7O6. The van der Waals surface area contributed by atoms with Gasteiger partial charge >= 0.3 is 11.9 Å². The second kappa shape index (κ2) is 13.0. The summed E-state index contributed by atoms with van der Waals surface area (Å²) in [5.41, 5.74) is -0.258. The molecule has 0 amide bonds. The molecule has 0 saturated carbocycles. The Morgan fingerprint density at radius 3 is 1.98 bits per heavy atom. The number of carbonyl (C=O) groups is 2.